The van der Waals surface area contributed by atoms with Crippen LogP contribution in [0.2, 0.25) is 5.02 Å². The van der Waals surface area contributed by atoms with Gasteiger partial charge in [0.05, 0.1) is 11.1 Å². The van der Waals surface area contributed by atoms with E-state index in [1.165, 1.54) is 19.2 Å². The maximum Gasteiger partial charge on any atom is 0.245 e. The minimum atomic E-state index is -3.91. The van der Waals surface area contributed by atoms with Crippen LogP contribution < -0.4 is 5.73 Å². The van der Waals surface area contributed by atoms with Crippen LogP contribution in [0.25, 0.3) is 0 Å². The maximum absolute atomic E-state index is 12.8. The number of benzene rings is 1. The summed E-state index contributed by atoms with van der Waals surface area (Å²) in [6.45, 7) is 1.85. The zero-order valence-electron chi connectivity index (χ0n) is 11.7. The fraction of sp³-hybridized carbons (Fsp3) is 0.462. The molecule has 1 aliphatic heterocycles. The molecular weight excluding hydrogens is 316 g/mol. The van der Waals surface area contributed by atoms with Crippen LogP contribution in [0.4, 0.5) is 0 Å². The molecule has 1 aromatic carbocycles. The molecule has 6 nitrogen and oxygen atoms in total. The van der Waals surface area contributed by atoms with Crippen molar-refractivity contribution in [3.05, 3.63) is 28.8 Å². The highest BCUT2D eigenvalue weighted by molar-refractivity contribution is 7.89. The van der Waals surface area contributed by atoms with E-state index in [9.17, 15) is 13.2 Å². The third-order valence-corrected chi connectivity index (χ3v) is 5.91. The molecule has 0 aromatic heterocycles. The Morgan fingerprint density at radius 3 is 2.71 bits per heavy atom. The van der Waals surface area contributed by atoms with Crippen molar-refractivity contribution in [1.82, 2.24) is 4.31 Å². The zero-order chi connectivity index (χ0) is 15.8. The number of hydrogen-bond acceptors (Lipinski definition) is 4. The third kappa shape index (κ3) is 3.06. The number of sulfonamides is 1. The molecule has 1 saturated heterocycles. The Morgan fingerprint density at radius 1 is 1.48 bits per heavy atom. The van der Waals surface area contributed by atoms with E-state index in [2.05, 4.69) is 0 Å². The Kier molecular flexibility index (Phi) is 4.57. The van der Waals surface area contributed by atoms with E-state index >= 15 is 0 Å². The normalized spacial score (nSPS) is 23.4. The van der Waals surface area contributed by atoms with Gasteiger partial charge >= 0.3 is 0 Å². The standard InChI is InChI=1S/C13H17ClN2O4S/c1-8-3-4-10(14)12(5-8)21(18,19)16-7-9(20-2)6-11(16)13(15)17/h3-5,9,11H,6-7H2,1-2H3,(H2,15,17)/t9-,11-/m0/s1. The summed E-state index contributed by atoms with van der Waals surface area (Å²) in [5.41, 5.74) is 6.07. The van der Waals surface area contributed by atoms with Crippen molar-refractivity contribution in [1.29, 1.82) is 0 Å². The molecule has 8 heteroatoms. The van der Waals surface area contributed by atoms with Gasteiger partial charge in [-0.25, -0.2) is 8.42 Å². The number of halogens is 1. The molecule has 0 radical (unpaired) electrons. The van der Waals surface area contributed by atoms with Crippen molar-refractivity contribution in [2.75, 3.05) is 13.7 Å². The lowest BCUT2D eigenvalue weighted by molar-refractivity contribution is -0.121. The second kappa shape index (κ2) is 5.92. The van der Waals surface area contributed by atoms with E-state index in [-0.39, 0.29) is 29.0 Å². The van der Waals surface area contributed by atoms with Gasteiger partial charge in [-0.15, -0.1) is 0 Å². The highest BCUT2D eigenvalue weighted by Gasteiger charge is 2.43. The molecule has 0 saturated carbocycles. The summed E-state index contributed by atoms with van der Waals surface area (Å²) in [7, 11) is -2.44. The molecule has 2 atom stereocenters. The summed E-state index contributed by atoms with van der Waals surface area (Å²) in [6.07, 6.45) is -0.116. The molecule has 1 aromatic rings. The maximum atomic E-state index is 12.8. The Morgan fingerprint density at radius 2 is 2.14 bits per heavy atom. The molecule has 0 bridgehead atoms. The first-order valence-corrected chi connectivity index (χ1v) is 8.19. The number of carbonyl (C=O) groups excluding carboxylic acids is 1. The van der Waals surface area contributed by atoms with Crippen LogP contribution in [0.3, 0.4) is 0 Å². The van der Waals surface area contributed by atoms with Gasteiger partial charge < -0.3 is 10.5 Å². The van der Waals surface area contributed by atoms with Gasteiger partial charge in [0.15, 0.2) is 0 Å². The van der Waals surface area contributed by atoms with Crippen molar-refractivity contribution in [3.63, 3.8) is 0 Å². The summed E-state index contributed by atoms with van der Waals surface area (Å²) < 4.78 is 31.8. The van der Waals surface area contributed by atoms with E-state index in [4.69, 9.17) is 22.1 Å². The number of carbonyl (C=O) groups is 1. The molecule has 2 N–H and O–H groups in total. The van der Waals surface area contributed by atoms with Gasteiger partial charge in [0, 0.05) is 20.1 Å². The van der Waals surface area contributed by atoms with E-state index < -0.39 is 22.0 Å². The van der Waals surface area contributed by atoms with Gasteiger partial charge in [0.25, 0.3) is 0 Å². The van der Waals surface area contributed by atoms with Gasteiger partial charge in [-0.05, 0) is 24.6 Å². The van der Waals surface area contributed by atoms with Gasteiger partial charge in [-0.2, -0.15) is 4.31 Å². The molecule has 1 heterocycles. The number of rotatable bonds is 4. The largest absolute Gasteiger partial charge is 0.380 e. The summed E-state index contributed by atoms with van der Waals surface area (Å²) in [6, 6.07) is 3.80. The quantitative estimate of drug-likeness (QED) is 0.887. The Balaban J connectivity index is 2.47. The highest BCUT2D eigenvalue weighted by atomic mass is 35.5. The van der Waals surface area contributed by atoms with E-state index in [1.54, 1.807) is 13.0 Å². The number of amides is 1. The number of hydrogen-bond donors (Lipinski definition) is 1. The molecule has 1 amide bonds. The monoisotopic (exact) mass is 332 g/mol. The molecule has 1 aliphatic rings. The summed E-state index contributed by atoms with van der Waals surface area (Å²) >= 11 is 6.00. The number of primary amides is 1. The molecular formula is C13H17ClN2O4S. The average molecular weight is 333 g/mol. The fourth-order valence-electron chi connectivity index (χ4n) is 2.40. The zero-order valence-corrected chi connectivity index (χ0v) is 13.3. The van der Waals surface area contributed by atoms with Crippen LogP contribution >= 0.6 is 11.6 Å². The van der Waals surface area contributed by atoms with E-state index in [0.29, 0.717) is 0 Å². The third-order valence-electron chi connectivity index (χ3n) is 3.55. The topological polar surface area (TPSA) is 89.7 Å². The second-order valence-corrected chi connectivity index (χ2v) is 7.29. The average Bonchev–Trinajstić information content (AvgIpc) is 2.86. The van der Waals surface area contributed by atoms with Gasteiger partial charge in [0.1, 0.15) is 10.9 Å². The van der Waals surface area contributed by atoms with Crippen molar-refractivity contribution in [2.45, 2.75) is 30.4 Å². The van der Waals surface area contributed by atoms with Crippen molar-refractivity contribution >= 4 is 27.5 Å². The van der Waals surface area contributed by atoms with Gasteiger partial charge in [-0.1, -0.05) is 17.7 Å². The lowest BCUT2D eigenvalue weighted by Crippen LogP contribution is -2.43. The second-order valence-electron chi connectivity index (χ2n) is 5.02. The molecule has 0 spiro atoms. The number of ether oxygens (including phenoxy) is 1. The predicted octanol–water partition coefficient (Wildman–Crippen LogP) is 0.912. The molecule has 116 valence electrons. The Labute approximate surface area is 128 Å². The smallest absolute Gasteiger partial charge is 0.245 e. The number of nitrogens with zero attached hydrogens (tertiary/aromatic N) is 1. The molecule has 0 unspecified atom stereocenters. The van der Waals surface area contributed by atoms with Crippen LogP contribution in [-0.4, -0.2) is 44.4 Å². The summed E-state index contributed by atoms with van der Waals surface area (Å²) in [5.74, 6) is -0.693. The predicted molar refractivity (Wildman–Crippen MR) is 78.5 cm³/mol. The van der Waals surface area contributed by atoms with E-state index in [1.807, 2.05) is 0 Å². The summed E-state index contributed by atoms with van der Waals surface area (Å²) in [4.78, 5) is 11.5. The highest BCUT2D eigenvalue weighted by Crippen LogP contribution is 2.31. The number of methoxy groups -OCH3 is 1. The lowest BCUT2D eigenvalue weighted by Gasteiger charge is -2.22. The van der Waals surface area contributed by atoms with Crippen LogP contribution in [0.1, 0.15) is 12.0 Å². The molecule has 2 rings (SSSR count). The van der Waals surface area contributed by atoms with Crippen LogP contribution in [0, 0.1) is 6.92 Å². The minimum Gasteiger partial charge on any atom is -0.380 e. The number of nitrogens with two attached hydrogens (primary N) is 1. The van der Waals surface area contributed by atoms with Gasteiger partial charge in [0.2, 0.25) is 15.9 Å². The van der Waals surface area contributed by atoms with Crippen LogP contribution in [0.15, 0.2) is 23.1 Å². The molecule has 21 heavy (non-hydrogen) atoms. The first-order chi connectivity index (χ1) is 9.77. The first kappa shape index (κ1) is 16.2. The summed E-state index contributed by atoms with van der Waals surface area (Å²) in [5, 5.41) is 0.115. The molecule has 0 aliphatic carbocycles. The Bertz CT molecular complexity index is 662. The Hall–Kier alpha value is -1.15. The van der Waals surface area contributed by atoms with E-state index in [0.717, 1.165) is 9.87 Å². The SMILES string of the molecule is CO[C@H]1C[C@@H](C(N)=O)N(S(=O)(=O)c2cc(C)ccc2Cl)C1. The first-order valence-electron chi connectivity index (χ1n) is 6.37. The number of aryl methyl sites for hydroxylation is 1. The van der Waals surface area contributed by atoms with Gasteiger partial charge in [-0.3, -0.25) is 4.79 Å². The van der Waals surface area contributed by atoms with Crippen molar-refractivity contribution in [3.8, 4) is 0 Å². The van der Waals surface area contributed by atoms with Crippen LogP contribution in [0.5, 0.6) is 0 Å². The lowest BCUT2D eigenvalue weighted by atomic mass is 10.2. The van der Waals surface area contributed by atoms with Crippen molar-refractivity contribution in [2.24, 2.45) is 5.73 Å². The molecule has 1 fully saturated rings. The minimum absolute atomic E-state index is 0.0211. The van der Waals surface area contributed by atoms with Crippen molar-refractivity contribution < 1.29 is 17.9 Å². The van der Waals surface area contributed by atoms with Crippen LogP contribution in [-0.2, 0) is 19.6 Å². The fourth-order valence-corrected chi connectivity index (χ4v) is 4.60.